The molecule has 0 saturated carbocycles. The number of hydrogen-bond donors (Lipinski definition) is 1. The molecule has 0 bridgehead atoms. The molecular formula is C24H22BrNO5. The molecule has 1 amide bonds. The van der Waals surface area contributed by atoms with Gasteiger partial charge in [-0.05, 0) is 47.0 Å². The summed E-state index contributed by atoms with van der Waals surface area (Å²) in [5, 5.41) is 5.21. The fraction of sp³-hybridized carbons (Fsp3) is 0.250. The van der Waals surface area contributed by atoms with E-state index in [0.29, 0.717) is 24.5 Å². The van der Waals surface area contributed by atoms with E-state index in [4.69, 9.17) is 9.47 Å². The molecule has 31 heavy (non-hydrogen) atoms. The SMILES string of the molecule is CCOc1cc([C@H]2CC(=O)Nc3ccc4ccccc4c32)c(Br)cc1OCC(=O)OC. The summed E-state index contributed by atoms with van der Waals surface area (Å²) < 4.78 is 16.8. The molecule has 1 heterocycles. The van der Waals surface area contributed by atoms with Crippen molar-refractivity contribution in [2.75, 3.05) is 25.6 Å². The summed E-state index contributed by atoms with van der Waals surface area (Å²) in [5.41, 5.74) is 2.81. The average Bonchev–Trinajstić information content (AvgIpc) is 2.78. The zero-order valence-corrected chi connectivity index (χ0v) is 18.8. The van der Waals surface area contributed by atoms with Crippen molar-refractivity contribution in [1.29, 1.82) is 0 Å². The third-order valence-corrected chi connectivity index (χ3v) is 5.98. The van der Waals surface area contributed by atoms with Crippen LogP contribution in [0.3, 0.4) is 0 Å². The largest absolute Gasteiger partial charge is 0.490 e. The van der Waals surface area contributed by atoms with E-state index >= 15 is 0 Å². The molecule has 0 unspecified atom stereocenters. The van der Waals surface area contributed by atoms with Crippen LogP contribution in [0, 0.1) is 0 Å². The first-order valence-corrected chi connectivity index (χ1v) is 10.8. The van der Waals surface area contributed by atoms with E-state index in [0.717, 1.165) is 32.1 Å². The lowest BCUT2D eigenvalue weighted by molar-refractivity contribution is -0.142. The van der Waals surface area contributed by atoms with Gasteiger partial charge in [0.15, 0.2) is 18.1 Å². The second kappa shape index (κ2) is 8.98. The summed E-state index contributed by atoms with van der Waals surface area (Å²) in [6.07, 6.45) is 0.313. The van der Waals surface area contributed by atoms with Crippen molar-refractivity contribution in [1.82, 2.24) is 0 Å². The van der Waals surface area contributed by atoms with Crippen molar-refractivity contribution < 1.29 is 23.8 Å². The van der Waals surface area contributed by atoms with Crippen molar-refractivity contribution in [3.63, 3.8) is 0 Å². The Morgan fingerprint density at radius 2 is 1.90 bits per heavy atom. The van der Waals surface area contributed by atoms with Gasteiger partial charge in [0.05, 0.1) is 13.7 Å². The smallest absolute Gasteiger partial charge is 0.343 e. The number of halogens is 1. The predicted molar refractivity (Wildman–Crippen MR) is 122 cm³/mol. The molecular weight excluding hydrogens is 462 g/mol. The Balaban J connectivity index is 1.83. The Morgan fingerprint density at radius 1 is 1.13 bits per heavy atom. The van der Waals surface area contributed by atoms with Gasteiger partial charge >= 0.3 is 5.97 Å². The Labute approximate surface area is 188 Å². The third-order valence-electron chi connectivity index (χ3n) is 5.29. The molecule has 1 N–H and O–H groups in total. The lowest BCUT2D eigenvalue weighted by Gasteiger charge is -2.29. The number of carbonyl (C=O) groups is 2. The molecule has 0 radical (unpaired) electrons. The quantitative estimate of drug-likeness (QED) is 0.497. The number of benzene rings is 3. The van der Waals surface area contributed by atoms with E-state index in [9.17, 15) is 9.59 Å². The Hall–Kier alpha value is -3.06. The standard InChI is InChI=1S/C24H22BrNO5/c1-3-30-20-10-16(18(25)12-21(20)31-13-23(28)29-2)17-11-22(27)26-19-9-8-14-6-4-5-7-15(14)24(17)19/h4-10,12,17H,3,11,13H2,1-2H3,(H,26,27)/t17-/m1/s1. The third kappa shape index (κ3) is 4.23. The van der Waals surface area contributed by atoms with Gasteiger partial charge in [-0.1, -0.05) is 46.3 Å². The fourth-order valence-corrected chi connectivity index (χ4v) is 4.53. The van der Waals surface area contributed by atoms with E-state index in [1.54, 1.807) is 6.07 Å². The predicted octanol–water partition coefficient (Wildman–Crippen LogP) is 5.03. The van der Waals surface area contributed by atoms with Crippen LogP contribution in [0.25, 0.3) is 10.8 Å². The van der Waals surface area contributed by atoms with Crippen LogP contribution in [-0.2, 0) is 14.3 Å². The lowest BCUT2D eigenvalue weighted by atomic mass is 9.82. The first-order valence-electron chi connectivity index (χ1n) is 9.99. The summed E-state index contributed by atoms with van der Waals surface area (Å²) in [6.45, 7) is 2.09. The molecule has 0 aliphatic carbocycles. The number of carbonyl (C=O) groups excluding carboxylic acids is 2. The van der Waals surface area contributed by atoms with Crippen LogP contribution in [0.15, 0.2) is 53.0 Å². The Bertz CT molecular complexity index is 1160. The van der Waals surface area contributed by atoms with Gasteiger partial charge in [-0.15, -0.1) is 0 Å². The molecule has 4 rings (SSSR count). The van der Waals surface area contributed by atoms with Gasteiger partial charge in [0.1, 0.15) is 0 Å². The van der Waals surface area contributed by atoms with Crippen LogP contribution in [0.1, 0.15) is 30.4 Å². The zero-order chi connectivity index (χ0) is 22.0. The molecule has 0 aromatic heterocycles. The van der Waals surface area contributed by atoms with Gasteiger partial charge in [-0.3, -0.25) is 4.79 Å². The summed E-state index contributed by atoms with van der Waals surface area (Å²) in [6, 6.07) is 15.8. The molecule has 0 spiro atoms. The highest BCUT2D eigenvalue weighted by atomic mass is 79.9. The maximum Gasteiger partial charge on any atom is 0.343 e. The fourth-order valence-electron chi connectivity index (χ4n) is 3.93. The number of nitrogens with one attached hydrogen (secondary N) is 1. The van der Waals surface area contributed by atoms with E-state index in [1.165, 1.54) is 7.11 Å². The molecule has 7 heteroatoms. The van der Waals surface area contributed by atoms with E-state index in [1.807, 2.05) is 37.3 Å². The molecule has 1 aliphatic heterocycles. The summed E-state index contributed by atoms with van der Waals surface area (Å²) in [4.78, 5) is 24.0. The van der Waals surface area contributed by atoms with Crippen LogP contribution in [0.4, 0.5) is 5.69 Å². The van der Waals surface area contributed by atoms with Crippen LogP contribution >= 0.6 is 15.9 Å². The zero-order valence-electron chi connectivity index (χ0n) is 17.2. The molecule has 3 aromatic rings. The van der Waals surface area contributed by atoms with Crippen molar-refractivity contribution in [2.45, 2.75) is 19.3 Å². The molecule has 3 aromatic carbocycles. The number of ether oxygens (including phenoxy) is 3. The van der Waals surface area contributed by atoms with Gasteiger partial charge < -0.3 is 19.5 Å². The number of amides is 1. The van der Waals surface area contributed by atoms with Gasteiger partial charge in [0, 0.05) is 22.5 Å². The number of methoxy groups -OCH3 is 1. The van der Waals surface area contributed by atoms with Crippen LogP contribution < -0.4 is 14.8 Å². The minimum atomic E-state index is -0.480. The van der Waals surface area contributed by atoms with Crippen LogP contribution in [0.2, 0.25) is 0 Å². The van der Waals surface area contributed by atoms with Gasteiger partial charge in [-0.25, -0.2) is 4.79 Å². The molecule has 1 atom stereocenters. The van der Waals surface area contributed by atoms with Crippen molar-refractivity contribution >= 4 is 44.3 Å². The molecule has 6 nitrogen and oxygen atoms in total. The average molecular weight is 484 g/mol. The molecule has 0 saturated heterocycles. The first-order chi connectivity index (χ1) is 15.0. The first kappa shape index (κ1) is 21.2. The van der Waals surface area contributed by atoms with Crippen LogP contribution in [-0.4, -0.2) is 32.2 Å². The van der Waals surface area contributed by atoms with E-state index in [2.05, 4.69) is 38.1 Å². The highest BCUT2D eigenvalue weighted by molar-refractivity contribution is 9.10. The van der Waals surface area contributed by atoms with Crippen LogP contribution in [0.5, 0.6) is 11.5 Å². The highest BCUT2D eigenvalue weighted by Gasteiger charge is 2.30. The minimum Gasteiger partial charge on any atom is -0.490 e. The topological polar surface area (TPSA) is 73.9 Å². The molecule has 1 aliphatic rings. The Morgan fingerprint density at radius 3 is 2.68 bits per heavy atom. The highest BCUT2D eigenvalue weighted by Crippen LogP contribution is 2.46. The Kier molecular flexibility index (Phi) is 6.13. The lowest BCUT2D eigenvalue weighted by Crippen LogP contribution is -2.24. The maximum atomic E-state index is 12.5. The normalized spacial score (nSPS) is 15.2. The number of fused-ring (bicyclic) bond motifs is 3. The van der Waals surface area contributed by atoms with Crippen molar-refractivity contribution in [2.24, 2.45) is 0 Å². The molecule has 160 valence electrons. The minimum absolute atomic E-state index is 0.0383. The van der Waals surface area contributed by atoms with Gasteiger partial charge in [-0.2, -0.15) is 0 Å². The number of rotatable bonds is 6. The second-order valence-electron chi connectivity index (χ2n) is 7.17. The van der Waals surface area contributed by atoms with E-state index < -0.39 is 5.97 Å². The number of esters is 1. The van der Waals surface area contributed by atoms with Crippen molar-refractivity contribution in [3.05, 3.63) is 64.1 Å². The van der Waals surface area contributed by atoms with Crippen molar-refractivity contribution in [3.8, 4) is 11.5 Å². The summed E-state index contributed by atoms with van der Waals surface area (Å²) >= 11 is 3.64. The van der Waals surface area contributed by atoms with E-state index in [-0.39, 0.29) is 18.4 Å². The van der Waals surface area contributed by atoms with Gasteiger partial charge in [0.25, 0.3) is 0 Å². The summed E-state index contributed by atoms with van der Waals surface area (Å²) in [5.74, 6) is 0.257. The summed E-state index contributed by atoms with van der Waals surface area (Å²) in [7, 11) is 1.31. The molecule has 0 fully saturated rings. The monoisotopic (exact) mass is 483 g/mol. The van der Waals surface area contributed by atoms with Gasteiger partial charge in [0.2, 0.25) is 5.91 Å². The number of hydrogen-bond acceptors (Lipinski definition) is 5. The number of anilines is 1. The maximum absolute atomic E-state index is 12.5. The second-order valence-corrected chi connectivity index (χ2v) is 8.03.